The summed E-state index contributed by atoms with van der Waals surface area (Å²) >= 11 is 11.9. The number of nitrogens with zero attached hydrogens (tertiary/aromatic N) is 2. The molecule has 160 valence electrons. The maximum Gasteiger partial charge on any atom is 0.174 e. The average molecular weight is 462 g/mol. The summed E-state index contributed by atoms with van der Waals surface area (Å²) in [6.45, 7) is 2.02. The molecule has 5 nitrogen and oxygen atoms in total. The maximum absolute atomic E-state index is 10.6. The second-order valence-corrected chi connectivity index (χ2v) is 8.47. The van der Waals surface area contributed by atoms with E-state index in [-0.39, 0.29) is 17.8 Å². The minimum atomic E-state index is -0.348. The number of halogens is 1. The molecule has 4 aromatic rings. The number of benzene rings is 2. The van der Waals surface area contributed by atoms with E-state index >= 15 is 0 Å². The molecule has 1 fully saturated rings. The number of para-hydroxylation sites is 2. The zero-order chi connectivity index (χ0) is 22.2. The van der Waals surface area contributed by atoms with Gasteiger partial charge in [-0.1, -0.05) is 35.9 Å². The third-order valence-corrected chi connectivity index (χ3v) is 6.17. The second-order valence-electron chi connectivity index (χ2n) is 7.65. The van der Waals surface area contributed by atoms with Crippen molar-refractivity contribution in [2.24, 2.45) is 0 Å². The highest BCUT2D eigenvalue weighted by molar-refractivity contribution is 7.80. The van der Waals surface area contributed by atoms with Crippen LogP contribution in [0.4, 0.5) is 5.69 Å². The lowest BCUT2D eigenvalue weighted by atomic mass is 10.0. The molecule has 0 bridgehead atoms. The molecule has 0 radical (unpaired) electrons. The third-order valence-electron chi connectivity index (χ3n) is 5.62. The minimum Gasteiger partial charge on any atom is -0.506 e. The molecule has 2 atom stereocenters. The molecule has 1 aliphatic heterocycles. The molecule has 2 N–H and O–H groups in total. The van der Waals surface area contributed by atoms with Crippen molar-refractivity contribution in [3.63, 3.8) is 0 Å². The van der Waals surface area contributed by atoms with E-state index in [4.69, 9.17) is 28.2 Å². The van der Waals surface area contributed by atoms with Gasteiger partial charge < -0.3 is 19.7 Å². The van der Waals surface area contributed by atoms with Gasteiger partial charge in [-0.15, -0.1) is 0 Å². The number of nitrogens with one attached hydrogen (secondary N) is 1. The van der Waals surface area contributed by atoms with Crippen molar-refractivity contribution in [1.29, 1.82) is 0 Å². The van der Waals surface area contributed by atoms with E-state index in [9.17, 15) is 5.11 Å². The lowest BCUT2D eigenvalue weighted by Crippen LogP contribution is -2.29. The van der Waals surface area contributed by atoms with Gasteiger partial charge in [-0.25, -0.2) is 0 Å². The van der Waals surface area contributed by atoms with Crippen LogP contribution in [-0.2, 0) is 0 Å². The van der Waals surface area contributed by atoms with Gasteiger partial charge in [0, 0.05) is 16.8 Å². The monoisotopic (exact) mass is 461 g/mol. The van der Waals surface area contributed by atoms with Crippen LogP contribution >= 0.6 is 23.8 Å². The van der Waals surface area contributed by atoms with Crippen molar-refractivity contribution in [2.45, 2.75) is 19.0 Å². The van der Waals surface area contributed by atoms with E-state index in [2.05, 4.69) is 10.3 Å². The summed E-state index contributed by atoms with van der Waals surface area (Å²) in [4.78, 5) is 6.43. The van der Waals surface area contributed by atoms with Gasteiger partial charge in [-0.05, 0) is 73.2 Å². The molecule has 7 heteroatoms. The Morgan fingerprint density at radius 2 is 1.88 bits per heavy atom. The zero-order valence-corrected chi connectivity index (χ0v) is 18.8. The lowest BCUT2D eigenvalue weighted by molar-refractivity contribution is 0.434. The van der Waals surface area contributed by atoms with Gasteiger partial charge in [0.2, 0.25) is 0 Å². The Morgan fingerprint density at radius 1 is 1.06 bits per heavy atom. The van der Waals surface area contributed by atoms with Crippen molar-refractivity contribution >= 4 is 34.6 Å². The molecule has 3 heterocycles. The number of hydrogen-bond acceptors (Lipinski definition) is 4. The standard InChI is InChI=1S/C25H20ClN3O2S/c1-15-9-10-16(26)14-17(15)21-11-12-22(31-21)24-23(18-6-4-5-13-27-18)28-25(32)29(24)19-7-2-3-8-20(19)30/h2-14,23-24,30H,1H3,(H,28,32)/t23-,24-/m1/s1. The molecule has 0 unspecified atom stereocenters. The van der Waals surface area contributed by atoms with E-state index in [1.54, 1.807) is 18.3 Å². The van der Waals surface area contributed by atoms with Crippen LogP contribution < -0.4 is 10.2 Å². The Labute approximate surface area is 196 Å². The second kappa shape index (κ2) is 8.30. The highest BCUT2D eigenvalue weighted by Gasteiger charge is 2.43. The number of aryl methyl sites for hydroxylation is 1. The molecule has 1 aliphatic rings. The van der Waals surface area contributed by atoms with E-state index in [0.29, 0.717) is 21.6 Å². The number of phenols is 1. The van der Waals surface area contributed by atoms with Gasteiger partial charge in [-0.3, -0.25) is 4.98 Å². The number of furan rings is 1. The summed E-state index contributed by atoms with van der Waals surface area (Å²) in [7, 11) is 0. The average Bonchev–Trinajstić information content (AvgIpc) is 3.41. The van der Waals surface area contributed by atoms with E-state index in [0.717, 1.165) is 22.6 Å². The van der Waals surface area contributed by atoms with Gasteiger partial charge in [0.1, 0.15) is 23.3 Å². The van der Waals surface area contributed by atoms with Crippen LogP contribution in [0.15, 0.2) is 83.4 Å². The van der Waals surface area contributed by atoms with E-state index in [1.807, 2.05) is 72.5 Å². The number of rotatable bonds is 4. The van der Waals surface area contributed by atoms with Crippen LogP contribution in [-0.4, -0.2) is 15.2 Å². The minimum absolute atomic E-state index is 0.140. The maximum atomic E-state index is 10.6. The van der Waals surface area contributed by atoms with Crippen molar-refractivity contribution in [2.75, 3.05) is 4.90 Å². The van der Waals surface area contributed by atoms with Gasteiger partial charge in [-0.2, -0.15) is 0 Å². The van der Waals surface area contributed by atoms with Crippen LogP contribution in [0.5, 0.6) is 5.75 Å². The predicted octanol–water partition coefficient (Wildman–Crippen LogP) is 6.19. The highest BCUT2D eigenvalue weighted by atomic mass is 35.5. The van der Waals surface area contributed by atoms with Gasteiger partial charge in [0.15, 0.2) is 5.11 Å². The summed E-state index contributed by atoms with van der Waals surface area (Å²) < 4.78 is 6.37. The highest BCUT2D eigenvalue weighted by Crippen LogP contribution is 2.45. The Morgan fingerprint density at radius 3 is 2.66 bits per heavy atom. The van der Waals surface area contributed by atoms with E-state index in [1.165, 1.54) is 0 Å². The fourth-order valence-corrected chi connectivity index (χ4v) is 4.60. The molecule has 0 amide bonds. The number of thiocarbonyl (C=S) groups is 1. The van der Waals surface area contributed by atoms with Gasteiger partial charge >= 0.3 is 0 Å². The van der Waals surface area contributed by atoms with Gasteiger partial charge in [0.05, 0.1) is 17.4 Å². The van der Waals surface area contributed by atoms with E-state index < -0.39 is 0 Å². The Balaban J connectivity index is 1.63. The zero-order valence-electron chi connectivity index (χ0n) is 17.2. The summed E-state index contributed by atoms with van der Waals surface area (Å²) in [5.74, 6) is 1.56. The quantitative estimate of drug-likeness (QED) is 0.353. The molecule has 32 heavy (non-hydrogen) atoms. The Bertz CT molecular complexity index is 1290. The molecule has 2 aromatic heterocycles. The third kappa shape index (κ3) is 3.61. The SMILES string of the molecule is Cc1ccc(Cl)cc1-c1ccc([C@@H]2[C@@H](c3ccccn3)NC(=S)N2c2ccccc2O)o1. The normalized spacial score (nSPS) is 18.1. The molecule has 0 spiro atoms. The first-order valence-corrected chi connectivity index (χ1v) is 11.0. The molecule has 1 saturated heterocycles. The largest absolute Gasteiger partial charge is 0.506 e. The topological polar surface area (TPSA) is 61.5 Å². The molecule has 2 aromatic carbocycles. The first kappa shape index (κ1) is 20.5. The molecular weight excluding hydrogens is 442 g/mol. The van der Waals surface area contributed by atoms with Crippen LogP contribution in [0, 0.1) is 6.92 Å². The van der Waals surface area contributed by atoms with Crippen molar-refractivity contribution < 1.29 is 9.52 Å². The fourth-order valence-electron chi connectivity index (χ4n) is 4.09. The fraction of sp³-hybridized carbons (Fsp3) is 0.120. The lowest BCUT2D eigenvalue weighted by Gasteiger charge is -2.26. The summed E-state index contributed by atoms with van der Waals surface area (Å²) in [6.07, 6.45) is 1.75. The van der Waals surface area contributed by atoms with Crippen LogP contribution in [0.1, 0.15) is 29.1 Å². The molecule has 5 rings (SSSR count). The van der Waals surface area contributed by atoms with Gasteiger partial charge in [0.25, 0.3) is 0 Å². The Kier molecular flexibility index (Phi) is 5.33. The van der Waals surface area contributed by atoms with Crippen molar-refractivity contribution in [3.05, 3.63) is 101 Å². The molecular formula is C25H20ClN3O2S. The smallest absolute Gasteiger partial charge is 0.174 e. The number of phenolic OH excluding ortho intramolecular Hbond substituents is 1. The van der Waals surface area contributed by atoms with Crippen molar-refractivity contribution in [1.82, 2.24) is 10.3 Å². The first-order chi connectivity index (χ1) is 15.5. The Hall–Kier alpha value is -3.35. The number of aromatic nitrogens is 1. The van der Waals surface area contributed by atoms with Crippen molar-refractivity contribution in [3.8, 4) is 17.1 Å². The summed E-state index contributed by atoms with van der Waals surface area (Å²) in [5, 5.41) is 15.1. The first-order valence-electron chi connectivity index (χ1n) is 10.2. The molecule has 0 saturated carbocycles. The van der Waals surface area contributed by atoms with Crippen LogP contribution in [0.25, 0.3) is 11.3 Å². The number of anilines is 1. The number of hydrogen-bond donors (Lipinski definition) is 2. The number of aromatic hydroxyl groups is 1. The predicted molar refractivity (Wildman–Crippen MR) is 130 cm³/mol. The molecule has 0 aliphatic carbocycles. The summed E-state index contributed by atoms with van der Waals surface area (Å²) in [5.41, 5.74) is 3.43. The van der Waals surface area contributed by atoms with Crippen LogP contribution in [0.3, 0.4) is 0 Å². The van der Waals surface area contributed by atoms with Crippen LogP contribution in [0.2, 0.25) is 5.02 Å². The number of pyridine rings is 1. The summed E-state index contributed by atoms with van der Waals surface area (Å²) in [6, 6.07) is 21.9.